The summed E-state index contributed by atoms with van der Waals surface area (Å²) in [4.78, 5) is 10.9. The van der Waals surface area contributed by atoms with Crippen molar-refractivity contribution in [3.63, 3.8) is 0 Å². The minimum atomic E-state index is -1.06. The number of hydrogen-bond donors (Lipinski definition) is 2. The number of aromatic carboxylic acids is 1. The number of carbonyl (C=O) groups is 1. The summed E-state index contributed by atoms with van der Waals surface area (Å²) in [6, 6.07) is 9.92. The average molecular weight is 331 g/mol. The van der Waals surface area contributed by atoms with Crippen LogP contribution in [0.1, 0.15) is 15.9 Å². The standard InChI is InChI=1S/C14H10Cl3NO2/c15-11-2-1-3-12(16)10(11)7-18-8-4-5-9(14(19)20)13(17)6-8/h1-6,18H,7H2,(H,19,20). The van der Waals surface area contributed by atoms with Crippen LogP contribution < -0.4 is 5.32 Å². The molecule has 0 atom stereocenters. The van der Waals surface area contributed by atoms with Crippen molar-refractivity contribution in [2.75, 3.05) is 5.32 Å². The third-order valence-corrected chi connectivity index (χ3v) is 3.75. The van der Waals surface area contributed by atoms with Gasteiger partial charge >= 0.3 is 5.97 Å². The first-order valence-corrected chi connectivity index (χ1v) is 6.82. The number of anilines is 1. The Kier molecular flexibility index (Phi) is 4.76. The lowest BCUT2D eigenvalue weighted by atomic mass is 10.2. The monoisotopic (exact) mass is 329 g/mol. The molecule has 3 nitrogen and oxygen atoms in total. The van der Waals surface area contributed by atoms with E-state index >= 15 is 0 Å². The molecule has 0 fully saturated rings. The normalized spacial score (nSPS) is 10.3. The topological polar surface area (TPSA) is 49.3 Å². The lowest BCUT2D eigenvalue weighted by Crippen LogP contribution is -2.02. The van der Waals surface area contributed by atoms with Crippen LogP contribution in [0.4, 0.5) is 5.69 Å². The molecule has 0 aromatic heterocycles. The lowest BCUT2D eigenvalue weighted by Gasteiger charge is -2.10. The molecule has 2 aromatic carbocycles. The summed E-state index contributed by atoms with van der Waals surface area (Å²) in [5.74, 6) is -1.06. The molecule has 20 heavy (non-hydrogen) atoms. The first-order chi connectivity index (χ1) is 9.49. The molecule has 0 saturated heterocycles. The molecule has 0 spiro atoms. The third-order valence-electron chi connectivity index (χ3n) is 2.73. The Hall–Kier alpha value is -1.42. The number of nitrogens with one attached hydrogen (secondary N) is 1. The largest absolute Gasteiger partial charge is 0.478 e. The van der Waals surface area contributed by atoms with Crippen LogP contribution in [-0.4, -0.2) is 11.1 Å². The van der Waals surface area contributed by atoms with E-state index in [2.05, 4.69) is 5.32 Å². The number of halogens is 3. The molecule has 0 unspecified atom stereocenters. The SMILES string of the molecule is O=C(O)c1ccc(NCc2c(Cl)cccc2Cl)cc1Cl. The predicted octanol–water partition coefficient (Wildman–Crippen LogP) is 4.96. The smallest absolute Gasteiger partial charge is 0.337 e. The second-order valence-corrected chi connectivity index (χ2v) is 5.28. The maximum absolute atomic E-state index is 10.9. The zero-order chi connectivity index (χ0) is 14.7. The van der Waals surface area contributed by atoms with Gasteiger partial charge in [0.05, 0.1) is 10.6 Å². The third kappa shape index (κ3) is 3.37. The van der Waals surface area contributed by atoms with Crippen molar-refractivity contribution in [1.29, 1.82) is 0 Å². The molecular formula is C14H10Cl3NO2. The molecule has 2 aromatic rings. The van der Waals surface area contributed by atoms with Gasteiger partial charge in [-0.2, -0.15) is 0 Å². The fourth-order valence-corrected chi connectivity index (χ4v) is 2.48. The van der Waals surface area contributed by atoms with Gasteiger partial charge in [0.2, 0.25) is 0 Å². The molecule has 0 aliphatic rings. The number of hydrogen-bond acceptors (Lipinski definition) is 2. The maximum Gasteiger partial charge on any atom is 0.337 e. The van der Waals surface area contributed by atoms with Crippen molar-refractivity contribution >= 4 is 46.5 Å². The molecule has 0 saturated carbocycles. The Labute approximate surface area is 131 Å². The van der Waals surface area contributed by atoms with Gasteiger partial charge in [0.1, 0.15) is 0 Å². The van der Waals surface area contributed by atoms with Crippen LogP contribution in [0.3, 0.4) is 0 Å². The van der Waals surface area contributed by atoms with E-state index in [0.717, 1.165) is 5.56 Å². The molecule has 0 bridgehead atoms. The van der Waals surface area contributed by atoms with Crippen molar-refractivity contribution in [3.05, 3.63) is 62.6 Å². The molecule has 0 aliphatic carbocycles. The van der Waals surface area contributed by atoms with Crippen LogP contribution in [0.5, 0.6) is 0 Å². The molecule has 0 amide bonds. The number of carboxylic acid groups (broad SMARTS) is 1. The van der Waals surface area contributed by atoms with Crippen LogP contribution in [-0.2, 0) is 6.54 Å². The highest BCUT2D eigenvalue weighted by Crippen LogP contribution is 2.26. The zero-order valence-corrected chi connectivity index (χ0v) is 12.4. The van der Waals surface area contributed by atoms with Crippen molar-refractivity contribution in [1.82, 2.24) is 0 Å². The summed E-state index contributed by atoms with van der Waals surface area (Å²) >= 11 is 18.0. The maximum atomic E-state index is 10.9. The average Bonchev–Trinajstić information content (AvgIpc) is 2.37. The Morgan fingerprint density at radius 2 is 1.70 bits per heavy atom. The summed E-state index contributed by atoms with van der Waals surface area (Å²) in [6.07, 6.45) is 0. The van der Waals surface area contributed by atoms with E-state index in [-0.39, 0.29) is 10.6 Å². The van der Waals surface area contributed by atoms with Gasteiger partial charge in [-0.15, -0.1) is 0 Å². The summed E-state index contributed by atoms with van der Waals surface area (Å²) in [5, 5.41) is 13.3. The second-order valence-electron chi connectivity index (χ2n) is 4.05. The van der Waals surface area contributed by atoms with Gasteiger partial charge in [-0.05, 0) is 30.3 Å². The van der Waals surface area contributed by atoms with E-state index in [1.165, 1.54) is 6.07 Å². The highest BCUT2D eigenvalue weighted by molar-refractivity contribution is 6.36. The van der Waals surface area contributed by atoms with Gasteiger partial charge in [-0.3, -0.25) is 0 Å². The quantitative estimate of drug-likeness (QED) is 0.833. The molecule has 104 valence electrons. The van der Waals surface area contributed by atoms with Gasteiger partial charge in [0.15, 0.2) is 0 Å². The van der Waals surface area contributed by atoms with Gasteiger partial charge < -0.3 is 10.4 Å². The molecule has 0 radical (unpaired) electrons. The molecule has 2 rings (SSSR count). The van der Waals surface area contributed by atoms with Gasteiger partial charge in [0.25, 0.3) is 0 Å². The first kappa shape index (κ1) is 15.0. The first-order valence-electron chi connectivity index (χ1n) is 5.68. The summed E-state index contributed by atoms with van der Waals surface area (Å²) in [6.45, 7) is 0.418. The fraction of sp³-hybridized carbons (Fsp3) is 0.0714. The van der Waals surface area contributed by atoms with Crippen LogP contribution in [0, 0.1) is 0 Å². The van der Waals surface area contributed by atoms with E-state index in [1.807, 2.05) is 0 Å². The summed E-state index contributed by atoms with van der Waals surface area (Å²) in [7, 11) is 0. The second kappa shape index (κ2) is 6.35. The van der Waals surface area contributed by atoms with E-state index in [0.29, 0.717) is 22.3 Å². The van der Waals surface area contributed by atoms with E-state index in [9.17, 15) is 4.79 Å². The molecule has 2 N–H and O–H groups in total. The van der Waals surface area contributed by atoms with Crippen molar-refractivity contribution in [3.8, 4) is 0 Å². The van der Waals surface area contributed by atoms with Crippen LogP contribution in [0.2, 0.25) is 15.1 Å². The minimum absolute atomic E-state index is 0.0630. The highest BCUT2D eigenvalue weighted by atomic mass is 35.5. The van der Waals surface area contributed by atoms with Crippen LogP contribution in [0.15, 0.2) is 36.4 Å². The Balaban J connectivity index is 2.16. The summed E-state index contributed by atoms with van der Waals surface area (Å²) < 4.78 is 0. The van der Waals surface area contributed by atoms with E-state index in [4.69, 9.17) is 39.9 Å². The van der Waals surface area contributed by atoms with Crippen LogP contribution >= 0.6 is 34.8 Å². The Morgan fingerprint density at radius 3 is 2.25 bits per heavy atom. The fourth-order valence-electron chi connectivity index (χ4n) is 1.69. The number of benzene rings is 2. The minimum Gasteiger partial charge on any atom is -0.478 e. The van der Waals surface area contributed by atoms with Crippen molar-refractivity contribution in [2.24, 2.45) is 0 Å². The highest BCUT2D eigenvalue weighted by Gasteiger charge is 2.09. The molecule has 6 heteroatoms. The van der Waals surface area contributed by atoms with E-state index in [1.54, 1.807) is 30.3 Å². The summed E-state index contributed by atoms with van der Waals surface area (Å²) in [5.41, 5.74) is 1.53. The van der Waals surface area contributed by atoms with Crippen molar-refractivity contribution in [2.45, 2.75) is 6.54 Å². The molecule has 0 heterocycles. The predicted molar refractivity (Wildman–Crippen MR) is 82.2 cm³/mol. The lowest BCUT2D eigenvalue weighted by molar-refractivity contribution is 0.0697. The van der Waals surface area contributed by atoms with E-state index < -0.39 is 5.97 Å². The van der Waals surface area contributed by atoms with Gasteiger partial charge in [-0.1, -0.05) is 40.9 Å². The molecular weight excluding hydrogens is 321 g/mol. The van der Waals surface area contributed by atoms with Crippen molar-refractivity contribution < 1.29 is 9.90 Å². The Bertz CT molecular complexity index is 639. The van der Waals surface area contributed by atoms with Gasteiger partial charge in [0, 0.05) is 27.8 Å². The Morgan fingerprint density at radius 1 is 1.05 bits per heavy atom. The molecule has 0 aliphatic heterocycles. The van der Waals surface area contributed by atoms with Gasteiger partial charge in [-0.25, -0.2) is 4.79 Å². The zero-order valence-electron chi connectivity index (χ0n) is 10.2. The van der Waals surface area contributed by atoms with Crippen LogP contribution in [0.25, 0.3) is 0 Å². The number of rotatable bonds is 4. The number of carboxylic acids is 1.